The number of hydrogen-bond acceptors (Lipinski definition) is 3. The number of anilines is 2. The van der Waals surface area contributed by atoms with Crippen LogP contribution in [0.25, 0.3) is 0 Å². The number of nitrogen functional groups attached to an aromatic ring is 1. The van der Waals surface area contributed by atoms with Gasteiger partial charge in [0.2, 0.25) is 0 Å². The van der Waals surface area contributed by atoms with Gasteiger partial charge in [0.15, 0.2) is 0 Å². The van der Waals surface area contributed by atoms with E-state index in [1.54, 1.807) is 6.07 Å². The highest BCUT2D eigenvalue weighted by molar-refractivity contribution is 9.11. The first-order valence-electron chi connectivity index (χ1n) is 5.16. The number of nitrogens with zero attached hydrogens (tertiary/aromatic N) is 1. The van der Waals surface area contributed by atoms with Crippen LogP contribution in [0.5, 0.6) is 0 Å². The van der Waals surface area contributed by atoms with Crippen LogP contribution in [0.4, 0.5) is 11.5 Å². The molecule has 0 atom stereocenters. The Morgan fingerprint density at radius 3 is 2.68 bits per heavy atom. The molecule has 0 aliphatic heterocycles. The van der Waals surface area contributed by atoms with Crippen molar-refractivity contribution >= 4 is 60.9 Å². The standard InChI is InChI=1S/C12H8Br2ClN3O/c13-6-1-3-9(7(14)5-6)17-12(19)11-8(15)2-4-10(16)18-11/h1-5H,(H2,16,18)(H,17,19). The van der Waals surface area contributed by atoms with Gasteiger partial charge in [-0.1, -0.05) is 27.5 Å². The van der Waals surface area contributed by atoms with E-state index >= 15 is 0 Å². The lowest BCUT2D eigenvalue weighted by molar-refractivity contribution is 0.102. The van der Waals surface area contributed by atoms with Crippen molar-refractivity contribution in [1.29, 1.82) is 0 Å². The van der Waals surface area contributed by atoms with Crippen LogP contribution >= 0.6 is 43.5 Å². The number of amides is 1. The van der Waals surface area contributed by atoms with E-state index in [9.17, 15) is 4.79 Å². The van der Waals surface area contributed by atoms with Crippen LogP contribution in [0.1, 0.15) is 10.5 Å². The number of rotatable bonds is 2. The van der Waals surface area contributed by atoms with E-state index in [2.05, 4.69) is 42.2 Å². The highest BCUT2D eigenvalue weighted by atomic mass is 79.9. The summed E-state index contributed by atoms with van der Waals surface area (Å²) in [5, 5.41) is 2.96. The predicted octanol–water partition coefficient (Wildman–Crippen LogP) is 4.09. The van der Waals surface area contributed by atoms with E-state index in [0.29, 0.717) is 5.69 Å². The lowest BCUT2D eigenvalue weighted by atomic mass is 10.3. The minimum atomic E-state index is -0.416. The van der Waals surface area contributed by atoms with E-state index in [1.807, 2.05) is 12.1 Å². The van der Waals surface area contributed by atoms with Crippen LogP contribution < -0.4 is 11.1 Å². The van der Waals surface area contributed by atoms with Gasteiger partial charge in [-0.05, 0) is 46.3 Å². The third-order valence-electron chi connectivity index (χ3n) is 2.26. The first-order chi connectivity index (χ1) is 8.97. The maximum absolute atomic E-state index is 12.1. The van der Waals surface area contributed by atoms with Crippen molar-refractivity contribution < 1.29 is 4.79 Å². The number of aromatic nitrogens is 1. The molecular weight excluding hydrogens is 397 g/mol. The second-order valence-electron chi connectivity index (χ2n) is 3.64. The summed E-state index contributed by atoms with van der Waals surface area (Å²) in [7, 11) is 0. The molecule has 19 heavy (non-hydrogen) atoms. The fourth-order valence-electron chi connectivity index (χ4n) is 1.39. The summed E-state index contributed by atoms with van der Waals surface area (Å²) in [6, 6.07) is 8.47. The van der Waals surface area contributed by atoms with Crippen LogP contribution in [0.15, 0.2) is 39.3 Å². The molecule has 1 aromatic heterocycles. The largest absolute Gasteiger partial charge is 0.384 e. The van der Waals surface area contributed by atoms with Gasteiger partial charge in [-0.25, -0.2) is 4.98 Å². The zero-order valence-electron chi connectivity index (χ0n) is 9.45. The summed E-state index contributed by atoms with van der Waals surface area (Å²) >= 11 is 12.6. The third kappa shape index (κ3) is 3.46. The third-order valence-corrected chi connectivity index (χ3v) is 3.72. The van der Waals surface area contributed by atoms with E-state index in [1.165, 1.54) is 12.1 Å². The molecule has 3 N–H and O–H groups in total. The van der Waals surface area contributed by atoms with E-state index < -0.39 is 5.91 Å². The second-order valence-corrected chi connectivity index (χ2v) is 5.82. The number of halogens is 3. The molecular formula is C12H8Br2ClN3O. The molecule has 0 unspecified atom stereocenters. The van der Waals surface area contributed by atoms with Crippen molar-refractivity contribution in [3.05, 3.63) is 50.0 Å². The Balaban J connectivity index is 2.28. The summed E-state index contributed by atoms with van der Waals surface area (Å²) in [6.45, 7) is 0. The van der Waals surface area contributed by atoms with Gasteiger partial charge in [-0.3, -0.25) is 4.79 Å². The smallest absolute Gasteiger partial charge is 0.275 e. The molecule has 0 spiro atoms. The Labute approximate surface area is 131 Å². The Morgan fingerprint density at radius 1 is 1.26 bits per heavy atom. The van der Waals surface area contributed by atoms with Gasteiger partial charge in [0.25, 0.3) is 5.91 Å². The number of benzene rings is 1. The maximum atomic E-state index is 12.1. The second kappa shape index (κ2) is 5.90. The minimum Gasteiger partial charge on any atom is -0.384 e. The number of carbonyl (C=O) groups is 1. The van der Waals surface area contributed by atoms with Gasteiger partial charge in [-0.15, -0.1) is 0 Å². The molecule has 0 aliphatic carbocycles. The molecule has 0 bridgehead atoms. The quantitative estimate of drug-likeness (QED) is 0.791. The van der Waals surface area contributed by atoms with E-state index in [0.717, 1.165) is 8.95 Å². The molecule has 4 nitrogen and oxygen atoms in total. The highest BCUT2D eigenvalue weighted by Crippen LogP contribution is 2.27. The normalized spacial score (nSPS) is 10.3. The van der Waals surface area contributed by atoms with Crippen molar-refractivity contribution in [2.45, 2.75) is 0 Å². The first kappa shape index (κ1) is 14.3. The van der Waals surface area contributed by atoms with Crippen LogP contribution in [0.2, 0.25) is 5.02 Å². The molecule has 0 aliphatic rings. The molecule has 0 fully saturated rings. The van der Waals surface area contributed by atoms with Gasteiger partial charge in [0, 0.05) is 8.95 Å². The van der Waals surface area contributed by atoms with Crippen molar-refractivity contribution in [2.75, 3.05) is 11.1 Å². The Morgan fingerprint density at radius 2 is 2.00 bits per heavy atom. The highest BCUT2D eigenvalue weighted by Gasteiger charge is 2.14. The van der Waals surface area contributed by atoms with Crippen molar-refractivity contribution in [3.8, 4) is 0 Å². The number of nitrogens with two attached hydrogens (primary N) is 1. The fraction of sp³-hybridized carbons (Fsp3) is 0. The maximum Gasteiger partial charge on any atom is 0.275 e. The molecule has 2 aromatic rings. The van der Waals surface area contributed by atoms with Crippen LogP contribution in [0.3, 0.4) is 0 Å². The predicted molar refractivity (Wildman–Crippen MR) is 83.5 cm³/mol. The lowest BCUT2D eigenvalue weighted by Crippen LogP contribution is -2.15. The number of hydrogen-bond donors (Lipinski definition) is 2. The van der Waals surface area contributed by atoms with E-state index in [4.69, 9.17) is 17.3 Å². The van der Waals surface area contributed by atoms with Gasteiger partial charge in [-0.2, -0.15) is 0 Å². The van der Waals surface area contributed by atoms with Crippen LogP contribution in [0, 0.1) is 0 Å². The molecule has 0 radical (unpaired) electrons. The number of carbonyl (C=O) groups excluding carboxylic acids is 1. The molecule has 1 aromatic carbocycles. The molecule has 1 amide bonds. The SMILES string of the molecule is Nc1ccc(Cl)c(C(=O)Nc2ccc(Br)cc2Br)n1. The average molecular weight is 405 g/mol. The van der Waals surface area contributed by atoms with Crippen LogP contribution in [-0.4, -0.2) is 10.9 Å². The van der Waals surface area contributed by atoms with Crippen LogP contribution in [-0.2, 0) is 0 Å². The fourth-order valence-corrected chi connectivity index (χ4v) is 2.73. The van der Waals surface area contributed by atoms with Gasteiger partial charge in [0.1, 0.15) is 11.5 Å². The van der Waals surface area contributed by atoms with E-state index in [-0.39, 0.29) is 16.5 Å². The first-order valence-corrected chi connectivity index (χ1v) is 7.12. The number of nitrogens with one attached hydrogen (secondary N) is 1. The summed E-state index contributed by atoms with van der Waals surface area (Å²) in [4.78, 5) is 16.0. The zero-order chi connectivity index (χ0) is 14.0. The Bertz CT molecular complexity index is 649. The van der Waals surface area contributed by atoms with Crippen molar-refractivity contribution in [3.63, 3.8) is 0 Å². The summed E-state index contributed by atoms with van der Waals surface area (Å²) < 4.78 is 1.65. The topological polar surface area (TPSA) is 68.0 Å². The molecule has 0 saturated carbocycles. The minimum absolute atomic E-state index is 0.0940. The van der Waals surface area contributed by atoms with Gasteiger partial charge in [0.05, 0.1) is 10.7 Å². The summed E-state index contributed by atoms with van der Waals surface area (Å²) in [5.41, 5.74) is 6.26. The molecule has 98 valence electrons. The van der Waals surface area contributed by atoms with Gasteiger partial charge >= 0.3 is 0 Å². The van der Waals surface area contributed by atoms with Gasteiger partial charge < -0.3 is 11.1 Å². The Kier molecular flexibility index (Phi) is 4.44. The summed E-state index contributed by atoms with van der Waals surface area (Å²) in [5.74, 6) is -0.176. The van der Waals surface area contributed by atoms with Crippen molar-refractivity contribution in [1.82, 2.24) is 4.98 Å². The molecule has 1 heterocycles. The number of pyridine rings is 1. The zero-order valence-corrected chi connectivity index (χ0v) is 13.4. The summed E-state index contributed by atoms with van der Waals surface area (Å²) in [6.07, 6.45) is 0. The monoisotopic (exact) mass is 403 g/mol. The molecule has 0 saturated heterocycles. The molecule has 7 heteroatoms. The molecule has 2 rings (SSSR count). The van der Waals surface area contributed by atoms with Crippen molar-refractivity contribution in [2.24, 2.45) is 0 Å². The average Bonchev–Trinajstić information content (AvgIpc) is 2.35. The Hall–Kier alpha value is -1.11. The lowest BCUT2D eigenvalue weighted by Gasteiger charge is -2.08.